The van der Waals surface area contributed by atoms with E-state index in [-0.39, 0.29) is 17.4 Å². The Hall–Kier alpha value is -2.89. The zero-order chi connectivity index (χ0) is 22.8. The molecule has 0 bridgehead atoms. The van der Waals surface area contributed by atoms with Crippen LogP contribution in [0.3, 0.4) is 0 Å². The highest BCUT2D eigenvalue weighted by atomic mass is 16.7. The standard InChI is InChI=1S/C25H33N3O3/c1-8-9-22(29)30-17(3)31-24(21-14-16(2)27-28(21)7)23(20-15-26-20)18-10-12-19(13-11-18)25(4,5)6/h10-15,17,20H,8-9H2,1-7H3/b24-23+. The second-order valence-electron chi connectivity index (χ2n) is 9.03. The summed E-state index contributed by atoms with van der Waals surface area (Å²) < 4.78 is 13.5. The van der Waals surface area contributed by atoms with E-state index < -0.39 is 6.29 Å². The number of aliphatic imine (C=N–C) groups is 1. The van der Waals surface area contributed by atoms with Crippen LogP contribution in [0.15, 0.2) is 35.3 Å². The van der Waals surface area contributed by atoms with Gasteiger partial charge in [0.1, 0.15) is 11.7 Å². The van der Waals surface area contributed by atoms with Gasteiger partial charge in [0.25, 0.3) is 0 Å². The van der Waals surface area contributed by atoms with Crippen LogP contribution >= 0.6 is 0 Å². The van der Waals surface area contributed by atoms with Gasteiger partial charge in [-0.15, -0.1) is 0 Å². The van der Waals surface area contributed by atoms with E-state index in [2.05, 4.69) is 55.1 Å². The van der Waals surface area contributed by atoms with E-state index in [4.69, 9.17) is 9.47 Å². The van der Waals surface area contributed by atoms with Gasteiger partial charge in [0.15, 0.2) is 5.76 Å². The molecule has 0 amide bonds. The highest BCUT2D eigenvalue weighted by Crippen LogP contribution is 2.36. The summed E-state index contributed by atoms with van der Waals surface area (Å²) in [5.41, 5.74) is 5.00. The molecule has 0 saturated carbocycles. The van der Waals surface area contributed by atoms with Gasteiger partial charge in [-0.2, -0.15) is 5.10 Å². The molecule has 2 heterocycles. The molecular weight excluding hydrogens is 390 g/mol. The van der Waals surface area contributed by atoms with Gasteiger partial charge in [0.05, 0.1) is 5.69 Å². The molecule has 1 aromatic heterocycles. The van der Waals surface area contributed by atoms with Gasteiger partial charge in [0.2, 0.25) is 6.29 Å². The van der Waals surface area contributed by atoms with Crippen LogP contribution in [0.25, 0.3) is 11.3 Å². The number of carbonyl (C=O) groups is 1. The van der Waals surface area contributed by atoms with Crippen LogP contribution in [0.4, 0.5) is 0 Å². The van der Waals surface area contributed by atoms with E-state index in [0.717, 1.165) is 28.9 Å². The number of hydrogen-bond donors (Lipinski definition) is 0. The number of esters is 1. The molecular formula is C25H33N3O3. The van der Waals surface area contributed by atoms with Crippen molar-refractivity contribution in [1.82, 2.24) is 9.78 Å². The minimum absolute atomic E-state index is 0.0655. The Labute approximate surface area is 185 Å². The maximum absolute atomic E-state index is 12.0. The first-order valence-corrected chi connectivity index (χ1v) is 10.9. The molecule has 0 aliphatic carbocycles. The third kappa shape index (κ3) is 5.63. The lowest BCUT2D eigenvalue weighted by atomic mass is 9.86. The predicted octanol–water partition coefficient (Wildman–Crippen LogP) is 5.05. The Morgan fingerprint density at radius 1 is 1.19 bits per heavy atom. The topological polar surface area (TPSA) is 65.7 Å². The normalized spacial score (nSPS) is 17.2. The quantitative estimate of drug-likeness (QED) is 0.338. The van der Waals surface area contributed by atoms with Crippen molar-refractivity contribution in [2.75, 3.05) is 0 Å². The molecule has 3 rings (SSSR count). The van der Waals surface area contributed by atoms with Crippen molar-refractivity contribution in [2.24, 2.45) is 12.0 Å². The van der Waals surface area contributed by atoms with E-state index in [1.807, 2.05) is 33.2 Å². The van der Waals surface area contributed by atoms with Crippen LogP contribution in [-0.2, 0) is 26.7 Å². The average molecular weight is 424 g/mol. The third-order valence-electron chi connectivity index (χ3n) is 5.17. The van der Waals surface area contributed by atoms with Crippen molar-refractivity contribution in [1.29, 1.82) is 0 Å². The van der Waals surface area contributed by atoms with Crippen LogP contribution < -0.4 is 0 Å². The summed E-state index contributed by atoms with van der Waals surface area (Å²) in [7, 11) is 1.88. The number of hydrogen-bond acceptors (Lipinski definition) is 5. The summed E-state index contributed by atoms with van der Waals surface area (Å²) in [6.45, 7) is 12.2. The van der Waals surface area contributed by atoms with Gasteiger partial charge >= 0.3 is 5.97 Å². The molecule has 1 aliphatic heterocycles. The minimum Gasteiger partial charge on any atom is -0.452 e. The molecule has 0 radical (unpaired) electrons. The Bertz CT molecular complexity index is 988. The van der Waals surface area contributed by atoms with E-state index in [9.17, 15) is 4.79 Å². The first kappa shape index (κ1) is 22.8. The first-order chi connectivity index (χ1) is 14.6. The van der Waals surface area contributed by atoms with E-state index in [0.29, 0.717) is 12.2 Å². The molecule has 31 heavy (non-hydrogen) atoms. The summed E-state index contributed by atoms with van der Waals surface area (Å²) in [6, 6.07) is 10.4. The smallest absolute Gasteiger partial charge is 0.308 e. The van der Waals surface area contributed by atoms with Crippen LogP contribution in [0.2, 0.25) is 0 Å². The number of aromatic nitrogens is 2. The summed E-state index contributed by atoms with van der Waals surface area (Å²) in [4.78, 5) is 16.4. The summed E-state index contributed by atoms with van der Waals surface area (Å²) >= 11 is 0. The van der Waals surface area contributed by atoms with Crippen molar-refractivity contribution in [3.05, 3.63) is 52.8 Å². The molecule has 6 nitrogen and oxygen atoms in total. The van der Waals surface area contributed by atoms with Gasteiger partial charge in [-0.25, -0.2) is 0 Å². The van der Waals surface area contributed by atoms with Gasteiger partial charge in [-0.3, -0.25) is 14.5 Å². The van der Waals surface area contributed by atoms with E-state index in [1.54, 1.807) is 11.6 Å². The maximum atomic E-state index is 12.0. The molecule has 2 unspecified atom stereocenters. The molecule has 1 aromatic carbocycles. The van der Waals surface area contributed by atoms with Gasteiger partial charge in [-0.1, -0.05) is 52.0 Å². The van der Waals surface area contributed by atoms with Gasteiger partial charge < -0.3 is 9.47 Å². The van der Waals surface area contributed by atoms with Crippen LogP contribution in [0, 0.1) is 6.92 Å². The lowest BCUT2D eigenvalue weighted by Crippen LogP contribution is -2.19. The summed E-state index contributed by atoms with van der Waals surface area (Å²) in [5, 5.41) is 4.49. The van der Waals surface area contributed by atoms with Crippen LogP contribution in [0.5, 0.6) is 0 Å². The second-order valence-corrected chi connectivity index (χ2v) is 9.03. The van der Waals surface area contributed by atoms with Crippen molar-refractivity contribution in [2.45, 2.75) is 72.1 Å². The second kappa shape index (κ2) is 9.08. The average Bonchev–Trinajstić information content (AvgIpc) is 3.44. The molecule has 166 valence electrons. The predicted molar refractivity (Wildman–Crippen MR) is 124 cm³/mol. The first-order valence-electron chi connectivity index (χ1n) is 10.9. The van der Waals surface area contributed by atoms with Crippen LogP contribution in [-0.4, -0.2) is 34.3 Å². The fraction of sp³-hybridized carbons (Fsp3) is 0.480. The molecule has 0 saturated heterocycles. The molecule has 0 N–H and O–H groups in total. The van der Waals surface area contributed by atoms with Gasteiger partial charge in [-0.05, 0) is 36.0 Å². The van der Waals surface area contributed by atoms with Crippen molar-refractivity contribution >= 4 is 23.5 Å². The lowest BCUT2D eigenvalue weighted by Gasteiger charge is -2.22. The highest BCUT2D eigenvalue weighted by Gasteiger charge is 2.30. The van der Waals surface area contributed by atoms with E-state index >= 15 is 0 Å². The lowest BCUT2D eigenvalue weighted by molar-refractivity contribution is -0.164. The van der Waals surface area contributed by atoms with Crippen LogP contribution in [0.1, 0.15) is 70.0 Å². The molecule has 0 fully saturated rings. The highest BCUT2D eigenvalue weighted by molar-refractivity contribution is 6.03. The summed E-state index contributed by atoms with van der Waals surface area (Å²) in [5.74, 6) is 0.361. The molecule has 1 aliphatic rings. The Kier molecular flexibility index (Phi) is 6.68. The van der Waals surface area contributed by atoms with Crippen molar-refractivity contribution in [3.8, 4) is 0 Å². The zero-order valence-corrected chi connectivity index (χ0v) is 19.6. The monoisotopic (exact) mass is 423 g/mol. The molecule has 0 spiro atoms. The number of ether oxygens (including phenoxy) is 2. The zero-order valence-electron chi connectivity index (χ0n) is 19.6. The SMILES string of the molecule is CCCC(=O)OC(C)O/C(=C(\c1ccc(C(C)(C)C)cc1)C1C=N1)c1cc(C)nn1C. The number of carbonyl (C=O) groups excluding carboxylic acids is 1. The number of nitrogens with zero attached hydrogens (tertiary/aromatic N) is 3. The maximum Gasteiger partial charge on any atom is 0.308 e. The number of benzene rings is 1. The largest absolute Gasteiger partial charge is 0.452 e. The minimum atomic E-state index is -0.730. The molecule has 2 atom stereocenters. The van der Waals surface area contributed by atoms with Crippen molar-refractivity contribution < 1.29 is 14.3 Å². The Balaban J connectivity index is 2.05. The molecule has 6 heteroatoms. The Morgan fingerprint density at radius 2 is 1.84 bits per heavy atom. The van der Waals surface area contributed by atoms with Crippen molar-refractivity contribution in [3.63, 3.8) is 0 Å². The van der Waals surface area contributed by atoms with E-state index in [1.165, 1.54) is 5.56 Å². The third-order valence-corrected chi connectivity index (χ3v) is 5.17. The Morgan fingerprint density at radius 3 is 2.32 bits per heavy atom. The number of rotatable bonds is 8. The fourth-order valence-electron chi connectivity index (χ4n) is 3.50. The summed E-state index contributed by atoms with van der Waals surface area (Å²) in [6.07, 6.45) is 2.26. The molecule has 2 aromatic rings. The fourth-order valence-corrected chi connectivity index (χ4v) is 3.50. The van der Waals surface area contributed by atoms with Gasteiger partial charge in [0, 0.05) is 32.2 Å². The number of aryl methyl sites for hydroxylation is 2.